The Balaban J connectivity index is 1.31. The number of hydrogen-bond donors (Lipinski definition) is 2. The van der Waals surface area contributed by atoms with E-state index in [1.807, 2.05) is 42.5 Å². The summed E-state index contributed by atoms with van der Waals surface area (Å²) in [6.07, 6.45) is 9.32. The zero-order chi connectivity index (χ0) is 24.5. The van der Waals surface area contributed by atoms with E-state index in [1.165, 1.54) is 9.44 Å². The van der Waals surface area contributed by atoms with E-state index >= 15 is 0 Å². The van der Waals surface area contributed by atoms with Crippen molar-refractivity contribution in [1.29, 1.82) is 0 Å². The predicted octanol–water partition coefficient (Wildman–Crippen LogP) is 4.11. The van der Waals surface area contributed by atoms with E-state index in [1.54, 1.807) is 29.9 Å². The zero-order valence-electron chi connectivity index (χ0n) is 19.5. The Morgan fingerprint density at radius 1 is 1.11 bits per heavy atom. The van der Waals surface area contributed by atoms with Gasteiger partial charge < -0.3 is 10.3 Å². The number of rotatable bonds is 6. The molecule has 1 amide bonds. The van der Waals surface area contributed by atoms with Crippen molar-refractivity contribution in [1.82, 2.24) is 29.8 Å². The number of aryl methyl sites for hydroxylation is 2. The Morgan fingerprint density at radius 3 is 2.81 bits per heavy atom. The highest BCUT2D eigenvalue weighted by molar-refractivity contribution is 7.15. The summed E-state index contributed by atoms with van der Waals surface area (Å²) in [7, 11) is 0. The number of aromatic nitrogens is 5. The average Bonchev–Trinajstić information content (AvgIpc) is 3.53. The van der Waals surface area contributed by atoms with Gasteiger partial charge in [0.05, 0.1) is 17.8 Å². The summed E-state index contributed by atoms with van der Waals surface area (Å²) in [5, 5.41) is 4.58. The number of nitrogens with zero attached hydrogens (tertiary/aromatic N) is 4. The Morgan fingerprint density at radius 2 is 1.97 bits per heavy atom. The van der Waals surface area contributed by atoms with Gasteiger partial charge >= 0.3 is 0 Å². The standard InChI is InChI=1S/C27H24N6O2S/c34-24(29-14-19-12-18-13-28-11-10-21(18)31-19)16-33-25(17-6-2-1-3-7-17)30-15-20(27(33)35)26-32-22-8-4-5-9-23(22)36-26/h1-3,6-7,10-13,15,31H,4-5,8-9,14,16H2,(H,29,34). The van der Waals surface area contributed by atoms with Crippen LogP contribution >= 0.6 is 11.3 Å². The largest absolute Gasteiger partial charge is 0.357 e. The van der Waals surface area contributed by atoms with Crippen LogP contribution in [0.1, 0.15) is 29.1 Å². The number of H-pyrrole nitrogens is 1. The van der Waals surface area contributed by atoms with Gasteiger partial charge in [-0.1, -0.05) is 30.3 Å². The molecule has 0 radical (unpaired) electrons. The lowest BCUT2D eigenvalue weighted by Gasteiger charge is -2.13. The minimum atomic E-state index is -0.275. The van der Waals surface area contributed by atoms with E-state index in [4.69, 9.17) is 4.98 Å². The molecule has 0 fully saturated rings. The van der Waals surface area contributed by atoms with Crippen molar-refractivity contribution < 1.29 is 4.79 Å². The molecule has 8 nitrogen and oxygen atoms in total. The molecule has 0 spiro atoms. The second-order valence-corrected chi connectivity index (χ2v) is 9.97. The lowest BCUT2D eigenvalue weighted by molar-refractivity contribution is -0.121. The summed E-state index contributed by atoms with van der Waals surface area (Å²) >= 11 is 1.57. The fraction of sp³-hybridized carbons (Fsp3) is 0.222. The highest BCUT2D eigenvalue weighted by atomic mass is 32.1. The van der Waals surface area contributed by atoms with Crippen molar-refractivity contribution in [3.05, 3.63) is 87.7 Å². The van der Waals surface area contributed by atoms with E-state index < -0.39 is 0 Å². The summed E-state index contributed by atoms with van der Waals surface area (Å²) in [4.78, 5) is 44.7. The van der Waals surface area contributed by atoms with E-state index in [9.17, 15) is 9.59 Å². The Labute approximate surface area is 211 Å². The maximum atomic E-state index is 13.7. The quantitative estimate of drug-likeness (QED) is 0.368. The number of pyridine rings is 1. The van der Waals surface area contributed by atoms with Crippen LogP contribution in [-0.4, -0.2) is 30.4 Å². The van der Waals surface area contributed by atoms with Crippen molar-refractivity contribution >= 4 is 28.1 Å². The molecule has 180 valence electrons. The first-order valence-electron chi connectivity index (χ1n) is 12.0. The average molecular weight is 497 g/mol. The molecule has 0 saturated carbocycles. The SMILES string of the molecule is O=C(Cn1c(-c2ccccc2)ncc(-c2nc3c(s2)CCCC3)c1=O)NCc1cc2cnccc2[nH]1. The van der Waals surface area contributed by atoms with Crippen molar-refractivity contribution in [2.45, 2.75) is 38.8 Å². The molecule has 9 heteroatoms. The van der Waals surface area contributed by atoms with Crippen molar-refractivity contribution in [3.63, 3.8) is 0 Å². The highest BCUT2D eigenvalue weighted by Crippen LogP contribution is 2.31. The van der Waals surface area contributed by atoms with Crippen LogP contribution in [0.3, 0.4) is 0 Å². The first-order chi connectivity index (χ1) is 17.7. The Hall–Kier alpha value is -4.11. The summed E-state index contributed by atoms with van der Waals surface area (Å²) in [6.45, 7) is 0.173. The van der Waals surface area contributed by atoms with Gasteiger partial charge in [-0.25, -0.2) is 9.97 Å². The molecule has 0 bridgehead atoms. The van der Waals surface area contributed by atoms with E-state index in [2.05, 4.69) is 20.3 Å². The highest BCUT2D eigenvalue weighted by Gasteiger charge is 2.21. The lowest BCUT2D eigenvalue weighted by atomic mass is 10.0. The van der Waals surface area contributed by atoms with Crippen LogP contribution in [0.5, 0.6) is 0 Å². The monoisotopic (exact) mass is 496 g/mol. The molecule has 0 aliphatic heterocycles. The van der Waals surface area contributed by atoms with Gasteiger partial charge in [0.25, 0.3) is 5.56 Å². The molecule has 6 rings (SSSR count). The van der Waals surface area contributed by atoms with Gasteiger partial charge in [-0.2, -0.15) is 0 Å². The minimum Gasteiger partial charge on any atom is -0.357 e. The summed E-state index contributed by atoms with van der Waals surface area (Å²) in [6, 6.07) is 13.3. The Kier molecular flexibility index (Phi) is 5.90. The fourth-order valence-corrected chi connectivity index (χ4v) is 5.74. The maximum Gasteiger partial charge on any atom is 0.264 e. The Bertz CT molecular complexity index is 1560. The van der Waals surface area contributed by atoms with Gasteiger partial charge in [0.1, 0.15) is 17.4 Å². The third-order valence-electron chi connectivity index (χ3n) is 6.41. The zero-order valence-corrected chi connectivity index (χ0v) is 20.3. The summed E-state index contributed by atoms with van der Waals surface area (Å²) in [5.41, 5.74) is 3.86. The second kappa shape index (κ2) is 9.50. The second-order valence-electron chi connectivity index (χ2n) is 8.88. The third kappa shape index (κ3) is 4.33. The van der Waals surface area contributed by atoms with Crippen LogP contribution in [0.25, 0.3) is 32.9 Å². The number of carbonyl (C=O) groups is 1. The van der Waals surface area contributed by atoms with E-state index in [0.29, 0.717) is 22.9 Å². The topological polar surface area (TPSA) is 106 Å². The van der Waals surface area contributed by atoms with Crippen LogP contribution in [0.15, 0.2) is 65.8 Å². The number of thiazole rings is 1. The van der Waals surface area contributed by atoms with Crippen LogP contribution in [0.4, 0.5) is 0 Å². The molecule has 5 aromatic rings. The molecule has 1 aliphatic carbocycles. The van der Waals surface area contributed by atoms with Crippen LogP contribution in [0, 0.1) is 0 Å². The molecule has 0 unspecified atom stereocenters. The first kappa shape index (κ1) is 22.4. The summed E-state index contributed by atoms with van der Waals surface area (Å²) < 4.78 is 1.45. The van der Waals surface area contributed by atoms with E-state index in [-0.39, 0.29) is 18.0 Å². The number of nitrogens with one attached hydrogen (secondary N) is 2. The normalized spacial score (nSPS) is 13.0. The lowest BCUT2D eigenvalue weighted by Crippen LogP contribution is -2.34. The van der Waals surface area contributed by atoms with Gasteiger partial charge in [0.15, 0.2) is 0 Å². The minimum absolute atomic E-state index is 0.142. The predicted molar refractivity (Wildman–Crippen MR) is 140 cm³/mol. The number of fused-ring (bicyclic) bond motifs is 2. The van der Waals surface area contributed by atoms with Gasteiger partial charge in [0.2, 0.25) is 5.91 Å². The van der Waals surface area contributed by atoms with Crippen molar-refractivity contribution in [2.75, 3.05) is 0 Å². The van der Waals surface area contributed by atoms with Crippen LogP contribution in [-0.2, 0) is 30.7 Å². The van der Waals surface area contributed by atoms with Gasteiger partial charge in [0, 0.05) is 45.6 Å². The number of amides is 1. The third-order valence-corrected chi connectivity index (χ3v) is 7.60. The van der Waals surface area contributed by atoms with Gasteiger partial charge in [-0.3, -0.25) is 19.1 Å². The molecule has 0 atom stereocenters. The van der Waals surface area contributed by atoms with E-state index in [0.717, 1.165) is 53.5 Å². The molecule has 0 saturated heterocycles. The van der Waals surface area contributed by atoms with Gasteiger partial charge in [-0.15, -0.1) is 11.3 Å². The number of aromatic amines is 1. The number of hydrogen-bond acceptors (Lipinski definition) is 6. The molecule has 1 aliphatic rings. The van der Waals surface area contributed by atoms with Gasteiger partial charge in [-0.05, 0) is 37.8 Å². The smallest absolute Gasteiger partial charge is 0.264 e. The van der Waals surface area contributed by atoms with Crippen LogP contribution in [0.2, 0.25) is 0 Å². The maximum absolute atomic E-state index is 13.7. The molecule has 4 heterocycles. The molecule has 36 heavy (non-hydrogen) atoms. The molecule has 4 aromatic heterocycles. The van der Waals surface area contributed by atoms with Crippen LogP contribution < -0.4 is 10.9 Å². The fourth-order valence-electron chi connectivity index (χ4n) is 4.59. The molecule has 2 N–H and O–H groups in total. The molecular weight excluding hydrogens is 472 g/mol. The summed E-state index contributed by atoms with van der Waals surface area (Å²) in [5.74, 6) is 0.181. The number of benzene rings is 1. The first-order valence-corrected chi connectivity index (χ1v) is 12.8. The van der Waals surface area contributed by atoms with Crippen molar-refractivity contribution in [2.24, 2.45) is 0 Å². The number of carbonyl (C=O) groups excluding carboxylic acids is 1. The molecule has 1 aromatic carbocycles. The molecular formula is C27H24N6O2S. The van der Waals surface area contributed by atoms with Crippen molar-refractivity contribution in [3.8, 4) is 22.0 Å².